The number of fused-ring (bicyclic) bond motifs is 1. The molecule has 0 amide bonds. The van der Waals surface area contributed by atoms with Crippen LogP contribution in [0, 0.1) is 5.92 Å². The maximum absolute atomic E-state index is 4.39. The zero-order valence-electron chi connectivity index (χ0n) is 7.08. The SMILES string of the molecule is c1nn(CC2CC2)c2c1CNC2. The Kier molecular flexibility index (Phi) is 1.29. The third-order valence-electron chi connectivity index (χ3n) is 2.77. The van der Waals surface area contributed by atoms with Crippen LogP contribution in [0.5, 0.6) is 0 Å². The summed E-state index contributed by atoms with van der Waals surface area (Å²) >= 11 is 0. The Morgan fingerprint density at radius 1 is 1.50 bits per heavy atom. The molecule has 2 heterocycles. The van der Waals surface area contributed by atoms with Crippen LogP contribution < -0.4 is 5.32 Å². The summed E-state index contributed by atoms with van der Waals surface area (Å²) in [7, 11) is 0. The van der Waals surface area contributed by atoms with Crippen molar-refractivity contribution in [2.75, 3.05) is 0 Å². The summed E-state index contributed by atoms with van der Waals surface area (Å²) in [5.74, 6) is 0.926. The number of hydrogen-bond donors (Lipinski definition) is 1. The molecule has 0 unspecified atom stereocenters. The van der Waals surface area contributed by atoms with Gasteiger partial charge in [-0.05, 0) is 18.8 Å². The molecule has 1 aromatic heterocycles. The van der Waals surface area contributed by atoms with Crippen molar-refractivity contribution in [2.24, 2.45) is 5.92 Å². The second-order valence-electron chi connectivity index (χ2n) is 3.85. The molecule has 0 radical (unpaired) electrons. The summed E-state index contributed by atoms with van der Waals surface area (Å²) in [5, 5.41) is 7.74. The van der Waals surface area contributed by atoms with Crippen molar-refractivity contribution in [3.05, 3.63) is 17.5 Å². The second kappa shape index (κ2) is 2.33. The number of hydrogen-bond acceptors (Lipinski definition) is 2. The van der Waals surface area contributed by atoms with E-state index in [1.165, 1.54) is 24.1 Å². The van der Waals surface area contributed by atoms with Crippen molar-refractivity contribution in [3.8, 4) is 0 Å². The molecule has 1 aliphatic heterocycles. The summed E-state index contributed by atoms with van der Waals surface area (Å²) < 4.78 is 2.19. The number of nitrogens with one attached hydrogen (secondary N) is 1. The smallest absolute Gasteiger partial charge is 0.0567 e. The molecule has 64 valence electrons. The van der Waals surface area contributed by atoms with Gasteiger partial charge in [0.05, 0.1) is 11.9 Å². The van der Waals surface area contributed by atoms with Gasteiger partial charge in [-0.25, -0.2) is 0 Å². The van der Waals surface area contributed by atoms with Crippen LogP contribution in [0.25, 0.3) is 0 Å². The zero-order valence-corrected chi connectivity index (χ0v) is 7.08. The van der Waals surface area contributed by atoms with Crippen molar-refractivity contribution >= 4 is 0 Å². The molecule has 0 aromatic carbocycles. The van der Waals surface area contributed by atoms with E-state index in [4.69, 9.17) is 0 Å². The molecule has 1 aromatic rings. The molecular weight excluding hydrogens is 150 g/mol. The lowest BCUT2D eigenvalue weighted by Crippen LogP contribution is -2.09. The highest BCUT2D eigenvalue weighted by atomic mass is 15.3. The average Bonchev–Trinajstić information content (AvgIpc) is 2.63. The van der Waals surface area contributed by atoms with Crippen LogP contribution >= 0.6 is 0 Å². The first-order valence-electron chi connectivity index (χ1n) is 4.68. The number of aromatic nitrogens is 2. The van der Waals surface area contributed by atoms with Gasteiger partial charge >= 0.3 is 0 Å². The van der Waals surface area contributed by atoms with Crippen LogP contribution in [0.3, 0.4) is 0 Å². The van der Waals surface area contributed by atoms with Crippen LogP contribution in [0.2, 0.25) is 0 Å². The van der Waals surface area contributed by atoms with Crippen LogP contribution in [0.4, 0.5) is 0 Å². The molecule has 2 aliphatic rings. The van der Waals surface area contributed by atoms with E-state index in [9.17, 15) is 0 Å². The fraction of sp³-hybridized carbons (Fsp3) is 0.667. The summed E-state index contributed by atoms with van der Waals surface area (Å²) in [4.78, 5) is 0. The standard InChI is InChI=1S/C9H13N3/c1-2-7(1)6-12-9-5-10-3-8(9)4-11-12/h4,7,10H,1-3,5-6H2. The Morgan fingerprint density at radius 2 is 2.42 bits per heavy atom. The van der Waals surface area contributed by atoms with Crippen LogP contribution in [0.15, 0.2) is 6.20 Å². The Hall–Kier alpha value is -0.830. The van der Waals surface area contributed by atoms with Crippen molar-refractivity contribution < 1.29 is 0 Å². The summed E-state index contributed by atoms with van der Waals surface area (Å²) in [6, 6.07) is 0. The van der Waals surface area contributed by atoms with Crippen LogP contribution in [-0.4, -0.2) is 9.78 Å². The van der Waals surface area contributed by atoms with Gasteiger partial charge in [0.1, 0.15) is 0 Å². The van der Waals surface area contributed by atoms with Gasteiger partial charge in [-0.2, -0.15) is 5.10 Å². The third kappa shape index (κ3) is 0.966. The normalized spacial score (nSPS) is 21.3. The third-order valence-corrected chi connectivity index (χ3v) is 2.77. The first-order chi connectivity index (χ1) is 5.93. The second-order valence-corrected chi connectivity index (χ2v) is 3.85. The van der Waals surface area contributed by atoms with Crippen molar-refractivity contribution in [3.63, 3.8) is 0 Å². The minimum absolute atomic E-state index is 0.926. The lowest BCUT2D eigenvalue weighted by molar-refractivity contribution is 0.534. The molecule has 1 aliphatic carbocycles. The lowest BCUT2D eigenvalue weighted by atomic mass is 10.3. The van der Waals surface area contributed by atoms with Crippen molar-refractivity contribution in [2.45, 2.75) is 32.5 Å². The molecule has 3 rings (SSSR count). The summed E-state index contributed by atoms with van der Waals surface area (Å²) in [5.41, 5.74) is 2.82. The predicted molar refractivity (Wildman–Crippen MR) is 45.5 cm³/mol. The Morgan fingerprint density at radius 3 is 3.25 bits per heavy atom. The topological polar surface area (TPSA) is 29.9 Å². The van der Waals surface area contributed by atoms with Crippen LogP contribution in [0.1, 0.15) is 24.1 Å². The van der Waals surface area contributed by atoms with Gasteiger partial charge in [-0.15, -0.1) is 0 Å². The summed E-state index contributed by atoms with van der Waals surface area (Å²) in [6.07, 6.45) is 4.82. The first kappa shape index (κ1) is 6.66. The zero-order chi connectivity index (χ0) is 7.97. The lowest BCUT2D eigenvalue weighted by Gasteiger charge is -2.02. The predicted octanol–water partition coefficient (Wildman–Crippen LogP) is 0.896. The molecular formula is C9H13N3. The number of nitrogens with zero attached hydrogens (tertiary/aromatic N) is 2. The van der Waals surface area contributed by atoms with E-state index in [0.717, 1.165) is 25.6 Å². The Labute approximate surface area is 71.8 Å². The van der Waals surface area contributed by atoms with E-state index in [0.29, 0.717) is 0 Å². The highest BCUT2D eigenvalue weighted by Gasteiger charge is 2.24. The monoisotopic (exact) mass is 163 g/mol. The highest BCUT2D eigenvalue weighted by molar-refractivity contribution is 5.21. The van der Waals surface area contributed by atoms with E-state index in [-0.39, 0.29) is 0 Å². The Balaban J connectivity index is 1.88. The van der Waals surface area contributed by atoms with Gasteiger partial charge in [0.25, 0.3) is 0 Å². The quantitative estimate of drug-likeness (QED) is 0.702. The summed E-state index contributed by atoms with van der Waals surface area (Å²) in [6.45, 7) is 3.18. The van der Waals surface area contributed by atoms with E-state index < -0.39 is 0 Å². The van der Waals surface area contributed by atoms with E-state index >= 15 is 0 Å². The highest BCUT2D eigenvalue weighted by Crippen LogP contribution is 2.31. The molecule has 12 heavy (non-hydrogen) atoms. The Bertz CT molecular complexity index is 299. The van der Waals surface area contributed by atoms with Crippen molar-refractivity contribution in [1.82, 2.24) is 15.1 Å². The minimum Gasteiger partial charge on any atom is -0.307 e. The molecule has 0 spiro atoms. The van der Waals surface area contributed by atoms with E-state index in [2.05, 4.69) is 15.1 Å². The van der Waals surface area contributed by atoms with Crippen molar-refractivity contribution in [1.29, 1.82) is 0 Å². The molecule has 0 atom stereocenters. The molecule has 1 N–H and O–H groups in total. The van der Waals surface area contributed by atoms with Gasteiger partial charge in [-0.3, -0.25) is 4.68 Å². The molecule has 3 nitrogen and oxygen atoms in total. The fourth-order valence-electron chi connectivity index (χ4n) is 1.82. The molecule has 1 fully saturated rings. The van der Waals surface area contributed by atoms with Gasteiger partial charge in [0.2, 0.25) is 0 Å². The fourth-order valence-corrected chi connectivity index (χ4v) is 1.82. The minimum atomic E-state index is 0.926. The maximum atomic E-state index is 4.39. The largest absolute Gasteiger partial charge is 0.307 e. The van der Waals surface area contributed by atoms with E-state index in [1.807, 2.05) is 6.20 Å². The first-order valence-corrected chi connectivity index (χ1v) is 4.68. The van der Waals surface area contributed by atoms with Gasteiger partial charge in [0.15, 0.2) is 0 Å². The van der Waals surface area contributed by atoms with Crippen LogP contribution in [-0.2, 0) is 19.6 Å². The van der Waals surface area contributed by atoms with E-state index in [1.54, 1.807) is 0 Å². The molecule has 0 saturated heterocycles. The van der Waals surface area contributed by atoms with Gasteiger partial charge in [-0.1, -0.05) is 0 Å². The van der Waals surface area contributed by atoms with Gasteiger partial charge in [0, 0.05) is 25.2 Å². The molecule has 0 bridgehead atoms. The molecule has 1 saturated carbocycles. The maximum Gasteiger partial charge on any atom is 0.0567 e. The number of rotatable bonds is 2. The average molecular weight is 163 g/mol. The van der Waals surface area contributed by atoms with Gasteiger partial charge < -0.3 is 5.32 Å². The molecule has 3 heteroatoms.